The van der Waals surface area contributed by atoms with Gasteiger partial charge in [-0.25, -0.2) is 0 Å². The summed E-state index contributed by atoms with van der Waals surface area (Å²) in [6.07, 6.45) is 6.55. The van der Waals surface area contributed by atoms with E-state index in [1.165, 1.54) is 39.3 Å². The molecule has 0 nitrogen and oxygen atoms in total. The van der Waals surface area contributed by atoms with Crippen molar-refractivity contribution in [3.8, 4) is 0 Å². The Hall–Kier alpha value is -0.120. The molecular formula is C15H18S3. The van der Waals surface area contributed by atoms with Crippen molar-refractivity contribution in [2.45, 2.75) is 28.7 Å². The molecule has 0 amide bonds. The van der Waals surface area contributed by atoms with Gasteiger partial charge in [-0.05, 0) is 49.0 Å². The van der Waals surface area contributed by atoms with Crippen molar-refractivity contribution >= 4 is 44.9 Å². The second-order valence-electron chi connectivity index (χ2n) is 4.95. The molecule has 3 heteroatoms. The first-order chi connectivity index (χ1) is 8.85. The van der Waals surface area contributed by atoms with Crippen molar-refractivity contribution in [3.63, 3.8) is 0 Å². The first-order valence-corrected chi connectivity index (χ1v) is 9.58. The van der Waals surface area contributed by atoms with E-state index in [-0.39, 0.29) is 0 Å². The molecule has 1 saturated carbocycles. The number of thioether (sulfide) groups is 2. The number of benzene rings is 1. The van der Waals surface area contributed by atoms with Gasteiger partial charge in [-0.3, -0.25) is 0 Å². The molecule has 0 N–H and O–H groups in total. The molecule has 18 heavy (non-hydrogen) atoms. The second-order valence-corrected chi connectivity index (χ2v) is 8.49. The molecule has 3 rings (SSSR count). The maximum Gasteiger partial charge on any atom is 0.0611 e. The Kier molecular flexibility index (Phi) is 4.22. The topological polar surface area (TPSA) is 0 Å². The van der Waals surface area contributed by atoms with Crippen molar-refractivity contribution in [2.24, 2.45) is 5.92 Å². The third kappa shape index (κ3) is 2.89. The first-order valence-electron chi connectivity index (χ1n) is 6.49. The molecule has 1 aliphatic carbocycles. The molecule has 1 aromatic carbocycles. The number of rotatable bonds is 4. The Morgan fingerprint density at radius 2 is 2.17 bits per heavy atom. The summed E-state index contributed by atoms with van der Waals surface area (Å²) in [5, 5.41) is 2.33. The van der Waals surface area contributed by atoms with Gasteiger partial charge in [0.25, 0.3) is 0 Å². The van der Waals surface area contributed by atoms with Crippen LogP contribution in [0.3, 0.4) is 0 Å². The lowest BCUT2D eigenvalue weighted by Crippen LogP contribution is -1.99. The van der Waals surface area contributed by atoms with E-state index in [4.69, 9.17) is 0 Å². The minimum atomic E-state index is 0.929. The van der Waals surface area contributed by atoms with Gasteiger partial charge < -0.3 is 0 Å². The van der Waals surface area contributed by atoms with E-state index in [9.17, 15) is 0 Å². The molecule has 0 aliphatic heterocycles. The van der Waals surface area contributed by atoms with Gasteiger partial charge in [-0.1, -0.05) is 18.2 Å². The fourth-order valence-corrected chi connectivity index (χ4v) is 5.88. The number of thiophene rings is 1. The molecule has 2 atom stereocenters. The second kappa shape index (κ2) is 5.89. The number of hydrogen-bond acceptors (Lipinski definition) is 3. The predicted octanol–water partition coefficient (Wildman–Crippen LogP) is 5.53. The van der Waals surface area contributed by atoms with Gasteiger partial charge in [0.1, 0.15) is 0 Å². The smallest absolute Gasteiger partial charge is 0.0611 e. The van der Waals surface area contributed by atoms with Crippen LogP contribution in [0, 0.1) is 5.92 Å². The molecule has 0 bridgehead atoms. The van der Waals surface area contributed by atoms with Gasteiger partial charge in [0.2, 0.25) is 0 Å². The summed E-state index contributed by atoms with van der Waals surface area (Å²) in [5.41, 5.74) is 0. The molecule has 96 valence electrons. The molecule has 2 aromatic rings. The average Bonchev–Trinajstić information content (AvgIpc) is 3.02. The fourth-order valence-electron chi connectivity index (χ4n) is 2.62. The van der Waals surface area contributed by atoms with Crippen molar-refractivity contribution in [3.05, 3.63) is 30.3 Å². The van der Waals surface area contributed by atoms with Crippen LogP contribution in [0.25, 0.3) is 10.1 Å². The lowest BCUT2D eigenvalue weighted by Gasteiger charge is -2.08. The summed E-state index contributed by atoms with van der Waals surface area (Å²) in [6, 6.07) is 11.1. The zero-order valence-corrected chi connectivity index (χ0v) is 13.0. The Balaban J connectivity index is 1.60. The fraction of sp³-hybridized carbons (Fsp3) is 0.467. The monoisotopic (exact) mass is 294 g/mol. The third-order valence-corrected chi connectivity index (χ3v) is 7.34. The molecule has 1 fully saturated rings. The van der Waals surface area contributed by atoms with Crippen LogP contribution in [0.15, 0.2) is 34.5 Å². The Labute approximate surface area is 122 Å². The van der Waals surface area contributed by atoms with E-state index in [1.807, 2.05) is 11.3 Å². The zero-order valence-electron chi connectivity index (χ0n) is 10.6. The largest absolute Gasteiger partial charge is 0.162 e. The van der Waals surface area contributed by atoms with E-state index in [0.29, 0.717) is 0 Å². The van der Waals surface area contributed by atoms with Crippen molar-refractivity contribution < 1.29 is 0 Å². The molecule has 0 radical (unpaired) electrons. The third-order valence-electron chi connectivity index (χ3n) is 3.69. The van der Waals surface area contributed by atoms with Crippen molar-refractivity contribution in [1.29, 1.82) is 0 Å². The molecule has 0 saturated heterocycles. The summed E-state index contributed by atoms with van der Waals surface area (Å²) in [7, 11) is 0. The SMILES string of the molecule is CSC1CCC(CSc2cc3ccccc3s2)C1. The van der Waals surface area contributed by atoms with Crippen LogP contribution >= 0.6 is 34.9 Å². The quantitative estimate of drug-likeness (QED) is 0.680. The average molecular weight is 295 g/mol. The Morgan fingerprint density at radius 1 is 1.28 bits per heavy atom. The number of hydrogen-bond donors (Lipinski definition) is 0. The molecule has 0 spiro atoms. The van der Waals surface area contributed by atoms with Crippen LogP contribution in [-0.2, 0) is 0 Å². The Morgan fingerprint density at radius 3 is 2.94 bits per heavy atom. The van der Waals surface area contributed by atoms with Gasteiger partial charge in [-0.15, -0.1) is 23.1 Å². The highest BCUT2D eigenvalue weighted by atomic mass is 32.2. The minimum Gasteiger partial charge on any atom is -0.162 e. The van der Waals surface area contributed by atoms with Crippen molar-refractivity contribution in [1.82, 2.24) is 0 Å². The highest BCUT2D eigenvalue weighted by Crippen LogP contribution is 2.39. The summed E-state index contributed by atoms with van der Waals surface area (Å²) < 4.78 is 2.91. The number of fused-ring (bicyclic) bond motifs is 1. The lowest BCUT2D eigenvalue weighted by molar-refractivity contribution is 0.625. The summed E-state index contributed by atoms with van der Waals surface area (Å²) >= 11 is 6.07. The summed E-state index contributed by atoms with van der Waals surface area (Å²) in [5.74, 6) is 2.25. The minimum absolute atomic E-state index is 0.929. The molecular weight excluding hydrogens is 276 g/mol. The van der Waals surface area contributed by atoms with Crippen LogP contribution in [-0.4, -0.2) is 17.3 Å². The molecule has 2 unspecified atom stereocenters. The van der Waals surface area contributed by atoms with E-state index in [0.717, 1.165) is 11.2 Å². The van der Waals surface area contributed by atoms with Crippen LogP contribution in [0.4, 0.5) is 0 Å². The predicted molar refractivity (Wildman–Crippen MR) is 87.2 cm³/mol. The molecule has 1 heterocycles. The lowest BCUT2D eigenvalue weighted by atomic mass is 10.1. The standard InChI is InChI=1S/C15H18S3/c1-16-13-7-6-11(8-13)10-17-15-9-12-4-2-3-5-14(12)18-15/h2-5,9,11,13H,6-8,10H2,1H3. The van der Waals surface area contributed by atoms with Crippen LogP contribution in [0.5, 0.6) is 0 Å². The highest BCUT2D eigenvalue weighted by Gasteiger charge is 2.23. The van der Waals surface area contributed by atoms with Crippen LogP contribution < -0.4 is 0 Å². The van der Waals surface area contributed by atoms with E-state index >= 15 is 0 Å². The van der Waals surface area contributed by atoms with Gasteiger partial charge in [0.05, 0.1) is 4.21 Å². The highest BCUT2D eigenvalue weighted by molar-refractivity contribution is 8.01. The van der Waals surface area contributed by atoms with Gasteiger partial charge in [-0.2, -0.15) is 11.8 Å². The normalized spacial score (nSPS) is 23.8. The maximum atomic E-state index is 2.35. The summed E-state index contributed by atoms with van der Waals surface area (Å²) in [4.78, 5) is 0. The summed E-state index contributed by atoms with van der Waals surface area (Å²) in [6.45, 7) is 0. The van der Waals surface area contributed by atoms with E-state index in [2.05, 4.69) is 60.1 Å². The Bertz CT molecular complexity index is 484. The maximum absolute atomic E-state index is 2.35. The molecule has 1 aromatic heterocycles. The van der Waals surface area contributed by atoms with Gasteiger partial charge >= 0.3 is 0 Å². The van der Waals surface area contributed by atoms with E-state index in [1.54, 1.807) is 0 Å². The first kappa shape index (κ1) is 12.9. The van der Waals surface area contributed by atoms with Gasteiger partial charge in [0.15, 0.2) is 0 Å². The van der Waals surface area contributed by atoms with Crippen LogP contribution in [0.2, 0.25) is 0 Å². The van der Waals surface area contributed by atoms with Gasteiger partial charge in [0, 0.05) is 15.7 Å². The van der Waals surface area contributed by atoms with Crippen molar-refractivity contribution in [2.75, 3.05) is 12.0 Å². The van der Waals surface area contributed by atoms with Crippen LogP contribution in [0.1, 0.15) is 19.3 Å². The molecule has 1 aliphatic rings. The zero-order chi connectivity index (χ0) is 12.4. The van der Waals surface area contributed by atoms with E-state index < -0.39 is 0 Å².